The Morgan fingerprint density at radius 2 is 2.05 bits per heavy atom. The molecule has 0 unspecified atom stereocenters. The Labute approximate surface area is 137 Å². The van der Waals surface area contributed by atoms with Crippen molar-refractivity contribution >= 4 is 30.7 Å². The van der Waals surface area contributed by atoms with Crippen LogP contribution in [0.15, 0.2) is 18.3 Å². The summed E-state index contributed by atoms with van der Waals surface area (Å²) >= 11 is 0. The minimum absolute atomic E-state index is 0. The fourth-order valence-electron chi connectivity index (χ4n) is 2.29. The maximum Gasteiger partial charge on any atom is 0.220 e. The van der Waals surface area contributed by atoms with Crippen molar-refractivity contribution in [3.63, 3.8) is 0 Å². The third kappa shape index (κ3) is 7.60. The number of carbonyl (C=O) groups is 1. The van der Waals surface area contributed by atoms with Gasteiger partial charge in [0.2, 0.25) is 5.91 Å². The smallest absolute Gasteiger partial charge is 0.220 e. The Morgan fingerprint density at radius 1 is 1.33 bits per heavy atom. The normalized spacial score (nSPS) is 14.7. The average molecular weight is 338 g/mol. The van der Waals surface area contributed by atoms with Crippen LogP contribution in [0.3, 0.4) is 0 Å². The standard InChI is InChI=1S/C14H20FN3O.2ClH/c15-12-2-3-13(17-9-12)10-18-14(19)4-1-11-5-7-16-8-6-11;;/h2-3,9,11,16H,1,4-8,10H2,(H,18,19);2*1H. The van der Waals surface area contributed by atoms with Gasteiger partial charge in [0, 0.05) is 6.42 Å². The molecule has 21 heavy (non-hydrogen) atoms. The molecule has 1 aliphatic rings. The summed E-state index contributed by atoms with van der Waals surface area (Å²) in [4.78, 5) is 15.6. The van der Waals surface area contributed by atoms with E-state index in [9.17, 15) is 9.18 Å². The van der Waals surface area contributed by atoms with Crippen LogP contribution in [0, 0.1) is 11.7 Å². The molecule has 7 heteroatoms. The van der Waals surface area contributed by atoms with Gasteiger partial charge in [0.15, 0.2) is 0 Å². The molecule has 1 aliphatic heterocycles. The molecule has 0 aromatic carbocycles. The number of hydrogen-bond acceptors (Lipinski definition) is 3. The molecule has 0 saturated carbocycles. The Balaban J connectivity index is 0.00000200. The van der Waals surface area contributed by atoms with Crippen LogP contribution in [-0.2, 0) is 11.3 Å². The molecular formula is C14H22Cl2FN3O. The number of piperidine rings is 1. The third-order valence-electron chi connectivity index (χ3n) is 3.49. The number of nitrogens with one attached hydrogen (secondary N) is 2. The van der Waals surface area contributed by atoms with Crippen molar-refractivity contribution in [3.8, 4) is 0 Å². The molecule has 4 nitrogen and oxygen atoms in total. The van der Waals surface area contributed by atoms with Gasteiger partial charge in [-0.2, -0.15) is 0 Å². The zero-order valence-corrected chi connectivity index (χ0v) is 13.4. The second kappa shape index (κ2) is 10.8. The molecule has 0 aliphatic carbocycles. The van der Waals surface area contributed by atoms with Gasteiger partial charge in [-0.05, 0) is 50.4 Å². The minimum Gasteiger partial charge on any atom is -0.350 e. The predicted octanol–water partition coefficient (Wildman–Crippen LogP) is 2.46. The summed E-state index contributed by atoms with van der Waals surface area (Å²) in [5, 5.41) is 6.13. The third-order valence-corrected chi connectivity index (χ3v) is 3.49. The number of hydrogen-bond donors (Lipinski definition) is 2. The quantitative estimate of drug-likeness (QED) is 0.867. The summed E-state index contributed by atoms with van der Waals surface area (Å²) in [7, 11) is 0. The Morgan fingerprint density at radius 3 is 2.67 bits per heavy atom. The Kier molecular flexibility index (Phi) is 10.3. The first-order valence-corrected chi connectivity index (χ1v) is 6.82. The molecule has 2 rings (SSSR count). The van der Waals surface area contributed by atoms with Crippen LogP contribution in [0.4, 0.5) is 4.39 Å². The van der Waals surface area contributed by atoms with E-state index in [0.717, 1.165) is 38.5 Å². The highest BCUT2D eigenvalue weighted by molar-refractivity contribution is 5.85. The summed E-state index contributed by atoms with van der Waals surface area (Å²) in [5.74, 6) is 0.349. The molecule has 1 fully saturated rings. The number of halogens is 3. The molecule has 2 N–H and O–H groups in total. The molecule has 1 aromatic heterocycles. The van der Waals surface area contributed by atoms with Crippen LogP contribution in [0.2, 0.25) is 0 Å². The van der Waals surface area contributed by atoms with Gasteiger partial charge in [-0.1, -0.05) is 0 Å². The van der Waals surface area contributed by atoms with Crippen molar-refractivity contribution in [2.24, 2.45) is 5.92 Å². The van der Waals surface area contributed by atoms with E-state index in [1.807, 2.05) is 0 Å². The molecule has 1 saturated heterocycles. The predicted molar refractivity (Wildman–Crippen MR) is 85.4 cm³/mol. The first kappa shape index (κ1) is 20.1. The Bertz CT molecular complexity index is 411. The zero-order chi connectivity index (χ0) is 13.5. The van der Waals surface area contributed by atoms with Gasteiger partial charge in [-0.3, -0.25) is 9.78 Å². The fourth-order valence-corrected chi connectivity index (χ4v) is 2.29. The maximum atomic E-state index is 12.7. The van der Waals surface area contributed by atoms with E-state index >= 15 is 0 Å². The highest BCUT2D eigenvalue weighted by atomic mass is 35.5. The van der Waals surface area contributed by atoms with Crippen LogP contribution in [0.25, 0.3) is 0 Å². The van der Waals surface area contributed by atoms with Gasteiger partial charge < -0.3 is 10.6 Å². The molecular weight excluding hydrogens is 316 g/mol. The summed E-state index contributed by atoms with van der Waals surface area (Å²) in [6, 6.07) is 2.94. The Hall–Kier alpha value is -0.910. The lowest BCUT2D eigenvalue weighted by atomic mass is 9.93. The number of amides is 1. The van der Waals surface area contributed by atoms with E-state index in [1.165, 1.54) is 6.07 Å². The minimum atomic E-state index is -0.360. The van der Waals surface area contributed by atoms with Crippen LogP contribution >= 0.6 is 24.8 Å². The summed E-state index contributed by atoms with van der Waals surface area (Å²) < 4.78 is 12.7. The summed E-state index contributed by atoms with van der Waals surface area (Å²) in [6.45, 7) is 2.49. The van der Waals surface area contributed by atoms with Crippen molar-refractivity contribution in [1.29, 1.82) is 0 Å². The highest BCUT2D eigenvalue weighted by Gasteiger charge is 2.14. The first-order valence-electron chi connectivity index (χ1n) is 6.82. The average Bonchev–Trinajstić information content (AvgIpc) is 2.45. The topological polar surface area (TPSA) is 54.0 Å². The van der Waals surface area contributed by atoms with E-state index in [-0.39, 0.29) is 36.5 Å². The second-order valence-corrected chi connectivity index (χ2v) is 4.98. The lowest BCUT2D eigenvalue weighted by Crippen LogP contribution is -2.29. The van der Waals surface area contributed by atoms with E-state index < -0.39 is 0 Å². The fraction of sp³-hybridized carbons (Fsp3) is 0.571. The van der Waals surface area contributed by atoms with Gasteiger partial charge >= 0.3 is 0 Å². The number of carbonyl (C=O) groups excluding carboxylic acids is 1. The van der Waals surface area contributed by atoms with Gasteiger partial charge in [-0.25, -0.2) is 4.39 Å². The van der Waals surface area contributed by atoms with Crippen LogP contribution in [-0.4, -0.2) is 24.0 Å². The van der Waals surface area contributed by atoms with Gasteiger partial charge in [-0.15, -0.1) is 24.8 Å². The second-order valence-electron chi connectivity index (χ2n) is 4.98. The highest BCUT2D eigenvalue weighted by Crippen LogP contribution is 2.17. The van der Waals surface area contributed by atoms with Crippen molar-refractivity contribution in [3.05, 3.63) is 29.8 Å². The van der Waals surface area contributed by atoms with Crippen molar-refractivity contribution in [2.45, 2.75) is 32.2 Å². The van der Waals surface area contributed by atoms with Crippen molar-refractivity contribution < 1.29 is 9.18 Å². The largest absolute Gasteiger partial charge is 0.350 e. The number of rotatable bonds is 5. The van der Waals surface area contributed by atoms with Crippen LogP contribution in [0.5, 0.6) is 0 Å². The van der Waals surface area contributed by atoms with Crippen LogP contribution < -0.4 is 10.6 Å². The van der Waals surface area contributed by atoms with E-state index in [2.05, 4.69) is 15.6 Å². The SMILES string of the molecule is Cl.Cl.O=C(CCC1CCNCC1)NCc1ccc(F)cn1. The number of aromatic nitrogens is 1. The molecule has 0 bridgehead atoms. The van der Waals surface area contributed by atoms with E-state index in [4.69, 9.17) is 0 Å². The molecule has 0 radical (unpaired) electrons. The van der Waals surface area contributed by atoms with Crippen molar-refractivity contribution in [1.82, 2.24) is 15.6 Å². The molecule has 0 atom stereocenters. The molecule has 2 heterocycles. The maximum absolute atomic E-state index is 12.7. The van der Waals surface area contributed by atoms with Gasteiger partial charge in [0.1, 0.15) is 5.82 Å². The molecule has 0 spiro atoms. The van der Waals surface area contributed by atoms with E-state index in [1.54, 1.807) is 6.07 Å². The van der Waals surface area contributed by atoms with Gasteiger partial charge in [0.05, 0.1) is 18.4 Å². The monoisotopic (exact) mass is 337 g/mol. The lowest BCUT2D eigenvalue weighted by Gasteiger charge is -2.22. The van der Waals surface area contributed by atoms with E-state index in [0.29, 0.717) is 24.6 Å². The number of pyridine rings is 1. The van der Waals surface area contributed by atoms with Crippen molar-refractivity contribution in [2.75, 3.05) is 13.1 Å². The molecule has 120 valence electrons. The summed E-state index contributed by atoms with van der Waals surface area (Å²) in [5.41, 5.74) is 0.677. The lowest BCUT2D eigenvalue weighted by molar-refractivity contribution is -0.121. The first-order chi connectivity index (χ1) is 9.24. The molecule has 1 aromatic rings. The van der Waals surface area contributed by atoms with Crippen LogP contribution in [0.1, 0.15) is 31.4 Å². The molecule has 1 amide bonds. The zero-order valence-electron chi connectivity index (χ0n) is 11.8. The van der Waals surface area contributed by atoms with Gasteiger partial charge in [0.25, 0.3) is 0 Å². The number of nitrogens with zero attached hydrogens (tertiary/aromatic N) is 1. The summed E-state index contributed by atoms with van der Waals surface area (Å²) in [6.07, 6.45) is 4.99.